The van der Waals surface area contributed by atoms with E-state index in [1.54, 1.807) is 12.3 Å². The van der Waals surface area contributed by atoms with Crippen molar-refractivity contribution in [1.29, 1.82) is 0 Å². The SMILES string of the molecule is O=Cc1ccc(OCc2ccccc2)c(-c2ccc(OCc3ccccc3)nc2)c1. The summed E-state index contributed by atoms with van der Waals surface area (Å²) in [6.45, 7) is 0.902. The maximum absolute atomic E-state index is 11.3. The second-order valence-corrected chi connectivity index (χ2v) is 6.81. The van der Waals surface area contributed by atoms with Crippen molar-refractivity contribution in [1.82, 2.24) is 4.98 Å². The highest BCUT2D eigenvalue weighted by atomic mass is 16.5. The molecule has 4 nitrogen and oxygen atoms in total. The Bertz CT molecular complexity index is 1090. The number of pyridine rings is 1. The van der Waals surface area contributed by atoms with Crippen LogP contribution in [0.1, 0.15) is 21.5 Å². The van der Waals surface area contributed by atoms with E-state index in [2.05, 4.69) is 4.98 Å². The van der Waals surface area contributed by atoms with Crippen LogP contribution in [0.5, 0.6) is 11.6 Å². The highest BCUT2D eigenvalue weighted by molar-refractivity contribution is 5.81. The summed E-state index contributed by atoms with van der Waals surface area (Å²) in [7, 11) is 0. The van der Waals surface area contributed by atoms with E-state index in [1.165, 1.54) is 0 Å². The van der Waals surface area contributed by atoms with Crippen LogP contribution in [0.2, 0.25) is 0 Å². The van der Waals surface area contributed by atoms with Crippen LogP contribution in [0.3, 0.4) is 0 Å². The average Bonchev–Trinajstić information content (AvgIpc) is 2.83. The Labute approximate surface area is 175 Å². The molecule has 0 saturated carbocycles. The molecule has 3 aromatic carbocycles. The van der Waals surface area contributed by atoms with Gasteiger partial charge in [-0.05, 0) is 35.4 Å². The summed E-state index contributed by atoms with van der Waals surface area (Å²) in [5.41, 5.74) is 4.41. The molecule has 0 aliphatic rings. The van der Waals surface area contributed by atoms with Gasteiger partial charge in [0, 0.05) is 29.0 Å². The van der Waals surface area contributed by atoms with Gasteiger partial charge in [-0.3, -0.25) is 4.79 Å². The Hall–Kier alpha value is -3.92. The highest BCUT2D eigenvalue weighted by Crippen LogP contribution is 2.32. The van der Waals surface area contributed by atoms with Crippen LogP contribution in [-0.4, -0.2) is 11.3 Å². The number of nitrogens with zero attached hydrogens (tertiary/aromatic N) is 1. The van der Waals surface area contributed by atoms with Gasteiger partial charge in [0.25, 0.3) is 0 Å². The topological polar surface area (TPSA) is 48.4 Å². The molecule has 1 aromatic heterocycles. The molecule has 4 heteroatoms. The maximum Gasteiger partial charge on any atom is 0.213 e. The first kappa shape index (κ1) is 19.4. The molecule has 1 heterocycles. The summed E-state index contributed by atoms with van der Waals surface area (Å²) in [4.78, 5) is 15.7. The minimum Gasteiger partial charge on any atom is -0.488 e. The van der Waals surface area contributed by atoms with E-state index in [1.807, 2.05) is 84.9 Å². The standard InChI is InChI=1S/C26H21NO3/c28-17-22-11-13-25(29-18-20-7-3-1-4-8-20)24(15-22)23-12-14-26(27-16-23)30-19-21-9-5-2-6-10-21/h1-17H,18-19H2. The minimum atomic E-state index is 0.444. The first-order chi connectivity index (χ1) is 14.8. The van der Waals surface area contributed by atoms with Gasteiger partial charge in [-0.15, -0.1) is 0 Å². The number of hydrogen-bond donors (Lipinski definition) is 0. The van der Waals surface area contributed by atoms with Crippen LogP contribution in [0.4, 0.5) is 0 Å². The van der Waals surface area contributed by atoms with Crippen LogP contribution >= 0.6 is 0 Å². The fourth-order valence-electron chi connectivity index (χ4n) is 3.06. The van der Waals surface area contributed by atoms with Crippen molar-refractivity contribution >= 4 is 6.29 Å². The van der Waals surface area contributed by atoms with Gasteiger partial charge < -0.3 is 9.47 Å². The molecule has 0 unspecified atom stereocenters. The normalized spacial score (nSPS) is 10.4. The molecule has 0 aliphatic carbocycles. The second-order valence-electron chi connectivity index (χ2n) is 6.81. The number of aromatic nitrogens is 1. The van der Waals surface area contributed by atoms with Crippen molar-refractivity contribution in [2.24, 2.45) is 0 Å². The Morgan fingerprint density at radius 3 is 2.00 bits per heavy atom. The molecule has 0 N–H and O–H groups in total. The monoisotopic (exact) mass is 395 g/mol. The minimum absolute atomic E-state index is 0.444. The Kier molecular flexibility index (Phi) is 6.16. The fraction of sp³-hybridized carbons (Fsp3) is 0.0769. The van der Waals surface area contributed by atoms with Gasteiger partial charge >= 0.3 is 0 Å². The molecule has 0 atom stereocenters. The van der Waals surface area contributed by atoms with Gasteiger partial charge in [-0.1, -0.05) is 60.7 Å². The third-order valence-corrected chi connectivity index (χ3v) is 4.65. The number of carbonyl (C=O) groups excluding carboxylic acids is 1. The third kappa shape index (κ3) is 4.92. The van der Waals surface area contributed by atoms with E-state index in [-0.39, 0.29) is 0 Å². The van der Waals surface area contributed by atoms with Gasteiger partial charge in [-0.25, -0.2) is 4.98 Å². The molecule has 0 spiro atoms. The molecule has 0 saturated heterocycles. The van der Waals surface area contributed by atoms with Crippen LogP contribution in [0.15, 0.2) is 97.2 Å². The largest absolute Gasteiger partial charge is 0.488 e. The number of hydrogen-bond acceptors (Lipinski definition) is 4. The third-order valence-electron chi connectivity index (χ3n) is 4.65. The van der Waals surface area contributed by atoms with Gasteiger partial charge in [0.1, 0.15) is 25.2 Å². The lowest BCUT2D eigenvalue weighted by Gasteiger charge is -2.13. The second kappa shape index (κ2) is 9.52. The predicted molar refractivity (Wildman–Crippen MR) is 117 cm³/mol. The first-order valence-electron chi connectivity index (χ1n) is 9.71. The van der Waals surface area contributed by atoms with Gasteiger partial charge in [-0.2, -0.15) is 0 Å². The summed E-state index contributed by atoms with van der Waals surface area (Å²) in [6.07, 6.45) is 2.56. The smallest absolute Gasteiger partial charge is 0.213 e. The molecule has 30 heavy (non-hydrogen) atoms. The number of benzene rings is 3. The molecule has 148 valence electrons. The lowest BCUT2D eigenvalue weighted by Crippen LogP contribution is -1.99. The average molecular weight is 395 g/mol. The number of rotatable bonds is 8. The van der Waals surface area contributed by atoms with Crippen LogP contribution in [0.25, 0.3) is 11.1 Å². The van der Waals surface area contributed by atoms with E-state index >= 15 is 0 Å². The van der Waals surface area contributed by atoms with E-state index in [0.717, 1.165) is 28.5 Å². The molecule has 0 amide bonds. The number of ether oxygens (including phenoxy) is 2. The van der Waals surface area contributed by atoms with Crippen molar-refractivity contribution < 1.29 is 14.3 Å². The zero-order valence-corrected chi connectivity index (χ0v) is 16.4. The first-order valence-corrected chi connectivity index (χ1v) is 9.71. The quantitative estimate of drug-likeness (QED) is 0.358. The summed E-state index contributed by atoms with van der Waals surface area (Å²) >= 11 is 0. The van der Waals surface area contributed by atoms with Gasteiger partial charge in [0.05, 0.1) is 0 Å². The summed E-state index contributed by atoms with van der Waals surface area (Å²) in [5.74, 6) is 1.24. The van der Waals surface area contributed by atoms with Crippen LogP contribution in [0, 0.1) is 0 Å². The van der Waals surface area contributed by atoms with E-state index < -0.39 is 0 Å². The fourth-order valence-corrected chi connectivity index (χ4v) is 3.06. The Morgan fingerprint density at radius 1 is 0.733 bits per heavy atom. The lowest BCUT2D eigenvalue weighted by atomic mass is 10.0. The molecule has 4 rings (SSSR count). The van der Waals surface area contributed by atoms with Crippen molar-refractivity contribution in [2.45, 2.75) is 13.2 Å². The highest BCUT2D eigenvalue weighted by Gasteiger charge is 2.10. The molecular weight excluding hydrogens is 374 g/mol. The molecule has 0 fully saturated rings. The molecular formula is C26H21NO3. The van der Waals surface area contributed by atoms with Gasteiger partial charge in [0.2, 0.25) is 5.88 Å². The summed E-state index contributed by atoms with van der Waals surface area (Å²) in [5, 5.41) is 0. The molecule has 4 aromatic rings. The Balaban J connectivity index is 1.52. The zero-order valence-electron chi connectivity index (χ0n) is 16.4. The van der Waals surface area contributed by atoms with Crippen molar-refractivity contribution in [3.63, 3.8) is 0 Å². The predicted octanol–water partition coefficient (Wildman–Crippen LogP) is 5.72. The van der Waals surface area contributed by atoms with E-state index in [4.69, 9.17) is 9.47 Å². The molecule has 0 radical (unpaired) electrons. The summed E-state index contributed by atoms with van der Waals surface area (Å²) < 4.78 is 11.8. The van der Waals surface area contributed by atoms with Crippen molar-refractivity contribution in [2.75, 3.05) is 0 Å². The van der Waals surface area contributed by atoms with Crippen molar-refractivity contribution in [3.8, 4) is 22.8 Å². The molecule has 0 bridgehead atoms. The van der Waals surface area contributed by atoms with Crippen LogP contribution < -0.4 is 9.47 Å². The number of aldehydes is 1. The number of carbonyl (C=O) groups is 1. The van der Waals surface area contributed by atoms with E-state index in [9.17, 15) is 4.79 Å². The van der Waals surface area contributed by atoms with Gasteiger partial charge in [0.15, 0.2) is 0 Å². The molecule has 0 aliphatic heterocycles. The van der Waals surface area contributed by atoms with E-state index in [0.29, 0.717) is 30.4 Å². The zero-order chi connectivity index (χ0) is 20.6. The van der Waals surface area contributed by atoms with Crippen LogP contribution in [-0.2, 0) is 13.2 Å². The Morgan fingerprint density at radius 2 is 1.40 bits per heavy atom. The van der Waals surface area contributed by atoms with Crippen molar-refractivity contribution in [3.05, 3.63) is 114 Å². The summed E-state index contributed by atoms with van der Waals surface area (Å²) in [6, 6.07) is 29.0. The lowest BCUT2D eigenvalue weighted by molar-refractivity contribution is 0.112. The maximum atomic E-state index is 11.3.